The third-order valence-electron chi connectivity index (χ3n) is 7.99. The molecule has 1 saturated carbocycles. The van der Waals surface area contributed by atoms with Gasteiger partial charge in [-0.2, -0.15) is 10.2 Å². The van der Waals surface area contributed by atoms with E-state index >= 15 is 0 Å². The molecule has 1 aliphatic heterocycles. The minimum Gasteiger partial charge on any atom is -0.381 e. The highest BCUT2D eigenvalue weighted by Gasteiger charge is 2.57. The highest BCUT2D eigenvalue weighted by atomic mass is 19.1. The lowest BCUT2D eigenvalue weighted by atomic mass is 9.63. The van der Waals surface area contributed by atoms with Gasteiger partial charge in [0, 0.05) is 25.8 Å². The molecule has 1 aromatic carbocycles. The molecule has 2 heterocycles. The molecular weight excluding hydrogens is 393 g/mol. The number of rotatable bonds is 4. The molecular formula is C25H32FN3O2. The van der Waals surface area contributed by atoms with Gasteiger partial charge in [-0.25, -0.2) is 4.39 Å². The second-order valence-corrected chi connectivity index (χ2v) is 9.73. The lowest BCUT2D eigenvalue weighted by Crippen LogP contribution is -2.51. The summed E-state index contributed by atoms with van der Waals surface area (Å²) < 4.78 is 19.8. The molecule has 4 rings (SSSR count). The van der Waals surface area contributed by atoms with Gasteiger partial charge in [-0.1, -0.05) is 32.9 Å². The molecule has 0 N–H and O–H groups in total. The number of halogens is 1. The standard InChI is InChI=1S/C25H32FN3O2/c1-24(2)20(17-15-22(28-27-16-17)19-7-5-6-8-21(19)26)9-12-25(24,3)23(30)29-13-10-18(31-4)11-14-29/h5-8,15-16,18,20H,9-14H2,1-4H3/t20-,25-/m0/s1. The van der Waals surface area contributed by atoms with Crippen molar-refractivity contribution >= 4 is 5.91 Å². The number of methoxy groups -OCH3 is 1. The van der Waals surface area contributed by atoms with Crippen molar-refractivity contribution in [2.24, 2.45) is 10.8 Å². The largest absolute Gasteiger partial charge is 0.381 e. The molecule has 1 amide bonds. The molecule has 5 nitrogen and oxygen atoms in total. The second-order valence-electron chi connectivity index (χ2n) is 9.73. The maximum absolute atomic E-state index is 14.3. The summed E-state index contributed by atoms with van der Waals surface area (Å²) in [5.74, 6) is 0.0870. The zero-order chi connectivity index (χ0) is 22.2. The van der Waals surface area contributed by atoms with Crippen LogP contribution in [0.5, 0.6) is 0 Å². The number of hydrogen-bond acceptors (Lipinski definition) is 4. The molecule has 2 aromatic rings. The van der Waals surface area contributed by atoms with Gasteiger partial charge in [0.15, 0.2) is 0 Å². The van der Waals surface area contributed by atoms with Gasteiger partial charge in [0.05, 0.1) is 23.4 Å². The number of benzene rings is 1. The topological polar surface area (TPSA) is 55.3 Å². The van der Waals surface area contributed by atoms with Crippen LogP contribution in [0.25, 0.3) is 11.3 Å². The molecule has 0 unspecified atom stereocenters. The summed E-state index contributed by atoms with van der Waals surface area (Å²) in [5, 5.41) is 8.36. The Morgan fingerprint density at radius 3 is 2.55 bits per heavy atom. The number of nitrogens with zero attached hydrogens (tertiary/aromatic N) is 3. The zero-order valence-corrected chi connectivity index (χ0v) is 18.9. The number of hydrogen-bond donors (Lipinski definition) is 0. The first kappa shape index (κ1) is 21.9. The van der Waals surface area contributed by atoms with Crippen LogP contribution in [0, 0.1) is 16.6 Å². The summed E-state index contributed by atoms with van der Waals surface area (Å²) in [5.41, 5.74) is 1.28. The molecule has 1 aromatic heterocycles. The van der Waals surface area contributed by atoms with Gasteiger partial charge in [-0.15, -0.1) is 0 Å². The number of carbonyl (C=O) groups excluding carboxylic acids is 1. The Morgan fingerprint density at radius 1 is 1.16 bits per heavy atom. The van der Waals surface area contributed by atoms with Crippen LogP contribution < -0.4 is 0 Å². The highest BCUT2D eigenvalue weighted by molar-refractivity contribution is 5.84. The van der Waals surface area contributed by atoms with E-state index in [4.69, 9.17) is 4.74 Å². The fourth-order valence-electron chi connectivity index (χ4n) is 5.48. The SMILES string of the molecule is COC1CCN(C(=O)[C@]2(C)CC[C@@H](c3cnnc(-c4ccccc4F)c3)C2(C)C)CC1. The van der Waals surface area contributed by atoms with E-state index < -0.39 is 5.41 Å². The third kappa shape index (κ3) is 3.75. The molecule has 2 atom stereocenters. The minimum absolute atomic E-state index is 0.152. The number of ether oxygens (including phenoxy) is 1. The van der Waals surface area contributed by atoms with Crippen LogP contribution >= 0.6 is 0 Å². The van der Waals surface area contributed by atoms with Crippen LogP contribution in [0.2, 0.25) is 0 Å². The molecule has 2 fully saturated rings. The predicted octanol–water partition coefficient (Wildman–Crippen LogP) is 4.83. The quantitative estimate of drug-likeness (QED) is 0.704. The molecule has 0 bridgehead atoms. The summed E-state index contributed by atoms with van der Waals surface area (Å²) in [4.78, 5) is 15.7. The van der Waals surface area contributed by atoms with E-state index in [0.717, 1.165) is 44.3 Å². The fourth-order valence-corrected chi connectivity index (χ4v) is 5.48. The fraction of sp³-hybridized carbons (Fsp3) is 0.560. The third-order valence-corrected chi connectivity index (χ3v) is 7.99. The number of piperidine rings is 1. The average molecular weight is 426 g/mol. The van der Waals surface area contributed by atoms with E-state index in [1.807, 2.05) is 11.0 Å². The van der Waals surface area contributed by atoms with Gasteiger partial charge in [-0.05, 0) is 60.8 Å². The van der Waals surface area contributed by atoms with Gasteiger partial charge in [-0.3, -0.25) is 4.79 Å². The Bertz CT molecular complexity index is 955. The van der Waals surface area contributed by atoms with Crippen molar-refractivity contribution in [1.29, 1.82) is 0 Å². The maximum Gasteiger partial charge on any atom is 0.229 e. The average Bonchev–Trinajstić information content (AvgIpc) is 3.03. The number of carbonyl (C=O) groups is 1. The Balaban J connectivity index is 1.59. The molecule has 0 spiro atoms. The highest BCUT2D eigenvalue weighted by Crippen LogP contribution is 2.60. The van der Waals surface area contributed by atoms with E-state index in [-0.39, 0.29) is 29.2 Å². The van der Waals surface area contributed by atoms with Crippen LogP contribution in [-0.4, -0.2) is 47.3 Å². The van der Waals surface area contributed by atoms with Crippen molar-refractivity contribution in [3.8, 4) is 11.3 Å². The monoisotopic (exact) mass is 425 g/mol. The number of aromatic nitrogens is 2. The summed E-state index contributed by atoms with van der Waals surface area (Å²) in [6, 6.07) is 8.57. The van der Waals surface area contributed by atoms with Crippen LogP contribution in [-0.2, 0) is 9.53 Å². The number of amides is 1. The van der Waals surface area contributed by atoms with Crippen LogP contribution in [0.15, 0.2) is 36.5 Å². The first-order chi connectivity index (χ1) is 14.8. The van der Waals surface area contributed by atoms with Gasteiger partial charge in [0.25, 0.3) is 0 Å². The smallest absolute Gasteiger partial charge is 0.229 e. The van der Waals surface area contributed by atoms with Gasteiger partial charge < -0.3 is 9.64 Å². The predicted molar refractivity (Wildman–Crippen MR) is 118 cm³/mol. The molecule has 6 heteroatoms. The molecule has 1 saturated heterocycles. The van der Waals surface area contributed by atoms with Crippen molar-refractivity contribution in [3.05, 3.63) is 47.9 Å². The van der Waals surface area contributed by atoms with E-state index in [9.17, 15) is 9.18 Å². The molecule has 31 heavy (non-hydrogen) atoms. The maximum atomic E-state index is 14.3. The van der Waals surface area contributed by atoms with Crippen molar-refractivity contribution in [1.82, 2.24) is 15.1 Å². The van der Waals surface area contributed by atoms with Gasteiger partial charge >= 0.3 is 0 Å². The molecule has 0 radical (unpaired) electrons. The van der Waals surface area contributed by atoms with E-state index in [1.165, 1.54) is 6.07 Å². The zero-order valence-electron chi connectivity index (χ0n) is 18.9. The summed E-state index contributed by atoms with van der Waals surface area (Å²) in [6.07, 6.45) is 5.53. The normalized spacial score (nSPS) is 26.2. The van der Waals surface area contributed by atoms with Gasteiger partial charge in [0.1, 0.15) is 5.82 Å². The van der Waals surface area contributed by atoms with Crippen LogP contribution in [0.3, 0.4) is 0 Å². The first-order valence-corrected chi connectivity index (χ1v) is 11.2. The Hall–Kier alpha value is -2.34. The summed E-state index contributed by atoms with van der Waals surface area (Å²) >= 11 is 0. The Morgan fingerprint density at radius 2 is 1.87 bits per heavy atom. The van der Waals surface area contributed by atoms with Crippen molar-refractivity contribution < 1.29 is 13.9 Å². The van der Waals surface area contributed by atoms with E-state index in [1.54, 1.807) is 31.5 Å². The van der Waals surface area contributed by atoms with Crippen molar-refractivity contribution in [2.45, 2.75) is 58.5 Å². The van der Waals surface area contributed by atoms with E-state index in [2.05, 4.69) is 31.0 Å². The molecule has 2 aliphatic rings. The number of likely N-dealkylation sites (tertiary alicyclic amines) is 1. The Kier molecular flexibility index (Phi) is 5.86. The van der Waals surface area contributed by atoms with Crippen LogP contribution in [0.4, 0.5) is 4.39 Å². The van der Waals surface area contributed by atoms with Crippen molar-refractivity contribution in [3.63, 3.8) is 0 Å². The first-order valence-electron chi connectivity index (χ1n) is 11.2. The summed E-state index contributed by atoms with van der Waals surface area (Å²) in [7, 11) is 1.74. The minimum atomic E-state index is -0.459. The second kappa shape index (κ2) is 8.30. The Labute approximate surface area is 184 Å². The summed E-state index contributed by atoms with van der Waals surface area (Å²) in [6.45, 7) is 8.00. The molecule has 1 aliphatic carbocycles. The van der Waals surface area contributed by atoms with Crippen molar-refractivity contribution in [2.75, 3.05) is 20.2 Å². The molecule has 166 valence electrons. The lowest BCUT2D eigenvalue weighted by Gasteiger charge is -2.44. The van der Waals surface area contributed by atoms with E-state index in [0.29, 0.717) is 11.3 Å². The lowest BCUT2D eigenvalue weighted by molar-refractivity contribution is -0.149. The van der Waals surface area contributed by atoms with Gasteiger partial charge in [0.2, 0.25) is 5.91 Å². The van der Waals surface area contributed by atoms with Crippen LogP contribution in [0.1, 0.15) is 57.9 Å².